The zero-order valence-electron chi connectivity index (χ0n) is 16.7. The SMILES string of the molecule is CCn1c(CNC(=O)c2ccc(Cl)cc2)nnc1SCC(=O)Nc1c(Cl)cc(Cl)cc1Cl. The maximum absolute atomic E-state index is 12.4. The minimum Gasteiger partial charge on any atom is -0.345 e. The van der Waals surface area contributed by atoms with Gasteiger partial charge in [-0.25, -0.2) is 0 Å². The van der Waals surface area contributed by atoms with E-state index in [0.29, 0.717) is 38.8 Å². The van der Waals surface area contributed by atoms with Crippen LogP contribution in [-0.4, -0.2) is 32.3 Å². The molecule has 2 aromatic carbocycles. The first-order chi connectivity index (χ1) is 15.3. The maximum atomic E-state index is 12.4. The molecule has 168 valence electrons. The number of aromatic nitrogens is 3. The Labute approximate surface area is 208 Å². The highest BCUT2D eigenvalue weighted by atomic mass is 35.5. The Morgan fingerprint density at radius 2 is 1.66 bits per heavy atom. The van der Waals surface area contributed by atoms with Crippen LogP contribution in [0.5, 0.6) is 0 Å². The molecule has 0 fully saturated rings. The van der Waals surface area contributed by atoms with Crippen LogP contribution in [0.3, 0.4) is 0 Å². The minimum atomic E-state index is -0.315. The fraction of sp³-hybridized carbons (Fsp3) is 0.200. The Morgan fingerprint density at radius 3 is 2.28 bits per heavy atom. The molecular formula is C20H17Cl4N5O2S. The molecule has 7 nitrogen and oxygen atoms in total. The molecule has 0 saturated heterocycles. The second-order valence-corrected chi connectivity index (χ2v) is 9.04. The van der Waals surface area contributed by atoms with E-state index in [9.17, 15) is 9.59 Å². The van der Waals surface area contributed by atoms with Crippen LogP contribution < -0.4 is 10.6 Å². The zero-order chi connectivity index (χ0) is 23.3. The highest BCUT2D eigenvalue weighted by molar-refractivity contribution is 7.99. The van der Waals surface area contributed by atoms with E-state index < -0.39 is 0 Å². The van der Waals surface area contributed by atoms with Gasteiger partial charge < -0.3 is 15.2 Å². The summed E-state index contributed by atoms with van der Waals surface area (Å²) in [6, 6.07) is 9.57. The summed E-state index contributed by atoms with van der Waals surface area (Å²) in [4.78, 5) is 24.7. The molecule has 0 aliphatic heterocycles. The van der Waals surface area contributed by atoms with Gasteiger partial charge in [-0.05, 0) is 43.3 Å². The summed E-state index contributed by atoms with van der Waals surface area (Å²) in [5.74, 6) is 0.0633. The van der Waals surface area contributed by atoms with Gasteiger partial charge in [0.1, 0.15) is 0 Å². The Bertz CT molecular complexity index is 1110. The Kier molecular flexibility index (Phi) is 8.67. The number of anilines is 1. The number of thioether (sulfide) groups is 1. The summed E-state index contributed by atoms with van der Waals surface area (Å²) in [5.41, 5.74) is 0.786. The Hall–Kier alpha value is -1.97. The van der Waals surface area contributed by atoms with E-state index in [-0.39, 0.29) is 34.2 Å². The van der Waals surface area contributed by atoms with Crippen molar-refractivity contribution in [3.05, 3.63) is 67.9 Å². The van der Waals surface area contributed by atoms with Gasteiger partial charge in [-0.1, -0.05) is 58.2 Å². The molecule has 2 amide bonds. The van der Waals surface area contributed by atoms with Crippen LogP contribution >= 0.6 is 58.2 Å². The third-order valence-electron chi connectivity index (χ3n) is 4.23. The second-order valence-electron chi connectivity index (χ2n) is 6.41. The van der Waals surface area contributed by atoms with Crippen molar-refractivity contribution in [2.75, 3.05) is 11.1 Å². The lowest BCUT2D eigenvalue weighted by molar-refractivity contribution is -0.113. The van der Waals surface area contributed by atoms with Gasteiger partial charge in [0.15, 0.2) is 11.0 Å². The van der Waals surface area contributed by atoms with Crippen LogP contribution in [0, 0.1) is 0 Å². The van der Waals surface area contributed by atoms with Gasteiger partial charge in [0, 0.05) is 22.2 Å². The van der Waals surface area contributed by atoms with Crippen LogP contribution in [0.15, 0.2) is 41.6 Å². The largest absolute Gasteiger partial charge is 0.345 e. The van der Waals surface area contributed by atoms with E-state index in [1.54, 1.807) is 24.3 Å². The predicted molar refractivity (Wildman–Crippen MR) is 129 cm³/mol. The number of amides is 2. The van der Waals surface area contributed by atoms with Gasteiger partial charge in [-0.15, -0.1) is 10.2 Å². The van der Waals surface area contributed by atoms with Crippen LogP contribution in [0.4, 0.5) is 5.69 Å². The monoisotopic (exact) mass is 531 g/mol. The molecule has 0 atom stereocenters. The number of benzene rings is 2. The highest BCUT2D eigenvalue weighted by Crippen LogP contribution is 2.33. The molecule has 2 N–H and O–H groups in total. The van der Waals surface area contributed by atoms with Gasteiger partial charge in [-0.2, -0.15) is 0 Å². The molecule has 0 aliphatic rings. The minimum absolute atomic E-state index is 0.0601. The molecule has 32 heavy (non-hydrogen) atoms. The van der Waals surface area contributed by atoms with Crippen molar-refractivity contribution < 1.29 is 9.59 Å². The van der Waals surface area contributed by atoms with Gasteiger partial charge in [0.25, 0.3) is 5.91 Å². The van der Waals surface area contributed by atoms with Crippen molar-refractivity contribution in [3.63, 3.8) is 0 Å². The van der Waals surface area contributed by atoms with E-state index in [1.165, 1.54) is 23.9 Å². The van der Waals surface area contributed by atoms with E-state index in [2.05, 4.69) is 20.8 Å². The molecule has 0 unspecified atom stereocenters. The highest BCUT2D eigenvalue weighted by Gasteiger charge is 2.16. The van der Waals surface area contributed by atoms with E-state index in [1.807, 2.05) is 11.5 Å². The standard InChI is InChI=1S/C20H17Cl4N5O2S/c1-2-29-16(9-25-19(31)11-3-5-12(21)6-4-11)27-28-20(29)32-10-17(30)26-18-14(23)7-13(22)8-15(18)24/h3-8H,2,9-10H2,1H3,(H,25,31)(H,26,30). The maximum Gasteiger partial charge on any atom is 0.251 e. The van der Waals surface area contributed by atoms with Crippen molar-refractivity contribution in [1.82, 2.24) is 20.1 Å². The number of rotatable bonds is 8. The second kappa shape index (κ2) is 11.2. The smallest absolute Gasteiger partial charge is 0.251 e. The average molecular weight is 533 g/mol. The molecule has 1 heterocycles. The number of hydrogen-bond donors (Lipinski definition) is 2. The van der Waals surface area contributed by atoms with Crippen molar-refractivity contribution in [3.8, 4) is 0 Å². The van der Waals surface area contributed by atoms with Gasteiger partial charge >= 0.3 is 0 Å². The summed E-state index contributed by atoms with van der Waals surface area (Å²) < 4.78 is 1.82. The van der Waals surface area contributed by atoms with E-state index >= 15 is 0 Å². The molecule has 0 radical (unpaired) electrons. The molecule has 0 aliphatic carbocycles. The molecule has 0 spiro atoms. The molecule has 1 aromatic heterocycles. The summed E-state index contributed by atoms with van der Waals surface area (Å²) >= 11 is 25.1. The summed E-state index contributed by atoms with van der Waals surface area (Å²) in [7, 11) is 0. The van der Waals surface area contributed by atoms with Gasteiger partial charge in [-0.3, -0.25) is 9.59 Å². The molecule has 3 aromatic rings. The van der Waals surface area contributed by atoms with Crippen molar-refractivity contribution in [2.24, 2.45) is 0 Å². The number of nitrogens with one attached hydrogen (secondary N) is 2. The lowest BCUT2D eigenvalue weighted by Crippen LogP contribution is -2.24. The van der Waals surface area contributed by atoms with Crippen LogP contribution in [0.25, 0.3) is 0 Å². The van der Waals surface area contributed by atoms with Crippen molar-refractivity contribution in [2.45, 2.75) is 25.2 Å². The van der Waals surface area contributed by atoms with Crippen LogP contribution in [-0.2, 0) is 17.9 Å². The molecule has 0 bridgehead atoms. The topological polar surface area (TPSA) is 88.9 Å². The number of carbonyl (C=O) groups is 2. The quantitative estimate of drug-likeness (QED) is 0.370. The number of halogens is 4. The first-order valence-electron chi connectivity index (χ1n) is 9.31. The van der Waals surface area contributed by atoms with Crippen LogP contribution in [0.2, 0.25) is 20.1 Å². The van der Waals surface area contributed by atoms with E-state index in [4.69, 9.17) is 46.4 Å². The lowest BCUT2D eigenvalue weighted by Gasteiger charge is -2.10. The first kappa shape index (κ1) is 24.7. The molecular weight excluding hydrogens is 516 g/mol. The predicted octanol–water partition coefficient (Wildman–Crippen LogP) is 5.57. The molecule has 12 heteroatoms. The fourth-order valence-electron chi connectivity index (χ4n) is 2.70. The molecule has 3 rings (SSSR count). The summed E-state index contributed by atoms with van der Waals surface area (Å²) in [5, 5.41) is 15.7. The number of hydrogen-bond acceptors (Lipinski definition) is 5. The third-order valence-corrected chi connectivity index (χ3v) is 6.26. The van der Waals surface area contributed by atoms with Crippen molar-refractivity contribution in [1.29, 1.82) is 0 Å². The zero-order valence-corrected chi connectivity index (χ0v) is 20.5. The van der Waals surface area contributed by atoms with E-state index in [0.717, 1.165) is 0 Å². The van der Waals surface area contributed by atoms with Gasteiger partial charge in [0.05, 0.1) is 28.0 Å². The fourth-order valence-corrected chi connectivity index (χ4v) is 4.56. The normalized spacial score (nSPS) is 10.8. The number of carbonyl (C=O) groups excluding carboxylic acids is 2. The molecule has 0 saturated carbocycles. The average Bonchev–Trinajstić information content (AvgIpc) is 3.15. The van der Waals surface area contributed by atoms with Crippen LogP contribution in [0.1, 0.15) is 23.1 Å². The number of nitrogens with zero attached hydrogens (tertiary/aromatic N) is 3. The lowest BCUT2D eigenvalue weighted by atomic mass is 10.2. The first-order valence-corrected chi connectivity index (χ1v) is 11.8. The summed E-state index contributed by atoms with van der Waals surface area (Å²) in [6.07, 6.45) is 0. The summed E-state index contributed by atoms with van der Waals surface area (Å²) in [6.45, 7) is 2.67. The Morgan fingerprint density at radius 1 is 1.00 bits per heavy atom. The van der Waals surface area contributed by atoms with Gasteiger partial charge in [0.2, 0.25) is 5.91 Å². The van der Waals surface area contributed by atoms with Crippen molar-refractivity contribution >= 4 is 75.7 Å². The third kappa shape index (κ3) is 6.30. The Balaban J connectivity index is 1.59.